The van der Waals surface area contributed by atoms with E-state index in [2.05, 4.69) is 0 Å². The molecule has 0 amide bonds. The van der Waals surface area contributed by atoms with Crippen molar-refractivity contribution in [2.24, 2.45) is 0 Å². The fourth-order valence-electron chi connectivity index (χ4n) is 2.01. The Hall–Kier alpha value is -0.903. The summed E-state index contributed by atoms with van der Waals surface area (Å²) in [4.78, 5) is 0. The van der Waals surface area contributed by atoms with E-state index in [9.17, 15) is 8.78 Å². The Morgan fingerprint density at radius 2 is 1.16 bits per heavy atom. The number of alkyl halides is 1. The van der Waals surface area contributed by atoms with Crippen molar-refractivity contribution in [1.82, 2.24) is 0 Å². The Morgan fingerprint density at radius 3 is 1.42 bits per heavy atom. The lowest BCUT2D eigenvalue weighted by atomic mass is 10.3. The molecule has 5 heteroatoms. The van der Waals surface area contributed by atoms with Crippen molar-refractivity contribution in [3.8, 4) is 0 Å². The van der Waals surface area contributed by atoms with E-state index in [-0.39, 0.29) is 16.6 Å². The van der Waals surface area contributed by atoms with Gasteiger partial charge in [0.25, 0.3) is 0 Å². The molecule has 0 radical (unpaired) electrons. The lowest BCUT2D eigenvalue weighted by Gasteiger charge is -2.28. The summed E-state index contributed by atoms with van der Waals surface area (Å²) in [5.74, 6) is -0.642. The summed E-state index contributed by atoms with van der Waals surface area (Å²) < 4.78 is 26.0. The van der Waals surface area contributed by atoms with Gasteiger partial charge in [0.1, 0.15) is 11.6 Å². The number of hydrogen-bond donors (Lipinski definition) is 0. The van der Waals surface area contributed by atoms with Gasteiger partial charge < -0.3 is 0 Å². The first-order chi connectivity index (χ1) is 8.94. The van der Waals surface area contributed by atoms with Crippen molar-refractivity contribution < 1.29 is 8.78 Å². The van der Waals surface area contributed by atoms with Gasteiger partial charge in [0, 0.05) is 5.00 Å². The summed E-state index contributed by atoms with van der Waals surface area (Å²) in [6.45, 7) is 1.81. The summed E-state index contributed by atoms with van der Waals surface area (Å²) in [6, 6.07) is 12.1. The molecule has 1 unspecified atom stereocenters. The molecule has 0 fully saturated rings. The van der Waals surface area contributed by atoms with Crippen LogP contribution in [-0.4, -0.2) is 12.4 Å². The van der Waals surface area contributed by atoms with Crippen LogP contribution in [0.25, 0.3) is 0 Å². The first kappa shape index (κ1) is 14.5. The van der Waals surface area contributed by atoms with E-state index in [0.717, 1.165) is 10.4 Å². The van der Waals surface area contributed by atoms with E-state index >= 15 is 0 Å². The van der Waals surface area contributed by atoms with Crippen LogP contribution < -0.4 is 10.4 Å². The maximum absolute atomic E-state index is 13.0. The summed E-state index contributed by atoms with van der Waals surface area (Å²) >= 11 is 13.1. The van der Waals surface area contributed by atoms with Crippen LogP contribution in [0.1, 0.15) is 6.92 Å². The summed E-state index contributed by atoms with van der Waals surface area (Å²) in [6.07, 6.45) is 0. The van der Waals surface area contributed by atoms with Gasteiger partial charge in [-0.05, 0) is 41.6 Å². The normalized spacial score (nSPS) is 13.3. The van der Waals surface area contributed by atoms with Crippen LogP contribution in [0.5, 0.6) is 0 Å². The number of rotatable bonds is 3. The highest BCUT2D eigenvalue weighted by Gasteiger charge is 2.40. The summed E-state index contributed by atoms with van der Waals surface area (Å²) in [5, 5.41) is 1.31. The zero-order chi connectivity index (χ0) is 14.0. The Bertz CT molecular complexity index is 507. The van der Waals surface area contributed by atoms with Crippen LogP contribution in [0.2, 0.25) is 0 Å². The fourth-order valence-corrected chi connectivity index (χ4v) is 6.08. The van der Waals surface area contributed by atoms with Crippen molar-refractivity contribution >= 4 is 40.4 Å². The number of hydrogen-bond acceptors (Lipinski definition) is 0. The van der Waals surface area contributed by atoms with Crippen LogP contribution in [0.3, 0.4) is 0 Å². The predicted molar refractivity (Wildman–Crippen MR) is 79.0 cm³/mol. The van der Waals surface area contributed by atoms with Gasteiger partial charge in [-0.2, -0.15) is 11.1 Å². The molecule has 0 spiro atoms. The second-order valence-electron chi connectivity index (χ2n) is 4.34. The van der Waals surface area contributed by atoms with E-state index < -0.39 is 7.38 Å². The molecule has 0 nitrogen and oxygen atoms in total. The van der Waals surface area contributed by atoms with Gasteiger partial charge in [-0.1, -0.05) is 24.3 Å². The third kappa shape index (κ3) is 2.83. The molecule has 2 aromatic carbocycles. The monoisotopic (exact) mass is 316 g/mol. The zero-order valence-electron chi connectivity index (χ0n) is 10.2. The highest BCUT2D eigenvalue weighted by Crippen LogP contribution is 2.20. The van der Waals surface area contributed by atoms with Crippen molar-refractivity contribution in [1.29, 1.82) is 0 Å². The molecular formula is C14H12Cl2F2Si. The Labute approximate surface area is 121 Å². The molecule has 2 rings (SSSR count). The van der Waals surface area contributed by atoms with Gasteiger partial charge in [0.15, 0.2) is 0 Å². The van der Waals surface area contributed by atoms with Gasteiger partial charge in [-0.3, -0.25) is 0 Å². The van der Waals surface area contributed by atoms with Gasteiger partial charge in [-0.15, -0.1) is 11.6 Å². The molecule has 0 saturated heterocycles. The van der Waals surface area contributed by atoms with Crippen LogP contribution in [0.4, 0.5) is 8.78 Å². The molecular weight excluding hydrogens is 305 g/mol. The first-order valence-electron chi connectivity index (χ1n) is 5.79. The van der Waals surface area contributed by atoms with E-state index in [1.54, 1.807) is 24.3 Å². The summed E-state index contributed by atoms with van der Waals surface area (Å²) in [5.41, 5.74) is 0. The minimum absolute atomic E-state index is 0.315. The van der Waals surface area contributed by atoms with Gasteiger partial charge in [0.2, 0.25) is 7.38 Å². The molecule has 0 heterocycles. The second kappa shape index (κ2) is 5.61. The van der Waals surface area contributed by atoms with E-state index in [1.165, 1.54) is 24.3 Å². The third-order valence-electron chi connectivity index (χ3n) is 3.08. The first-order valence-corrected chi connectivity index (χ1v) is 9.32. The Balaban J connectivity index is 2.54. The Kier molecular flexibility index (Phi) is 4.28. The molecule has 100 valence electrons. The van der Waals surface area contributed by atoms with Crippen molar-refractivity contribution in [3.63, 3.8) is 0 Å². The minimum atomic E-state index is -2.72. The van der Waals surface area contributed by atoms with E-state index in [0.29, 0.717) is 0 Å². The zero-order valence-corrected chi connectivity index (χ0v) is 12.7. The SMILES string of the molecule is CC(Cl)[Si](Cl)(c1ccc(F)cc1)c1ccc(F)cc1. The van der Waals surface area contributed by atoms with Gasteiger partial charge in [-0.25, -0.2) is 8.78 Å². The maximum Gasteiger partial charge on any atom is 0.234 e. The van der Waals surface area contributed by atoms with Crippen LogP contribution in [-0.2, 0) is 0 Å². The van der Waals surface area contributed by atoms with Crippen molar-refractivity contribution in [2.45, 2.75) is 11.9 Å². The molecule has 1 atom stereocenters. The predicted octanol–water partition coefficient (Wildman–Crippen LogP) is 3.43. The minimum Gasteiger partial charge on any atom is -0.207 e. The smallest absolute Gasteiger partial charge is 0.207 e. The quantitative estimate of drug-likeness (QED) is 0.462. The van der Waals surface area contributed by atoms with Gasteiger partial charge >= 0.3 is 0 Å². The Morgan fingerprint density at radius 1 is 0.842 bits per heavy atom. The fraction of sp³-hybridized carbons (Fsp3) is 0.143. The average molecular weight is 317 g/mol. The molecule has 0 aliphatic rings. The molecule has 0 aliphatic heterocycles. The topological polar surface area (TPSA) is 0 Å². The van der Waals surface area contributed by atoms with E-state index in [1.807, 2.05) is 6.92 Å². The molecule has 2 aromatic rings. The lowest BCUT2D eigenvalue weighted by Crippen LogP contribution is -2.59. The molecule has 0 aromatic heterocycles. The van der Waals surface area contributed by atoms with Crippen LogP contribution in [0, 0.1) is 11.6 Å². The molecule has 0 bridgehead atoms. The highest BCUT2D eigenvalue weighted by molar-refractivity contribution is 7.36. The maximum atomic E-state index is 13.0. The van der Waals surface area contributed by atoms with Crippen LogP contribution >= 0.6 is 22.7 Å². The van der Waals surface area contributed by atoms with E-state index in [4.69, 9.17) is 22.7 Å². The third-order valence-corrected chi connectivity index (χ3v) is 10.1. The largest absolute Gasteiger partial charge is 0.234 e. The second-order valence-corrected chi connectivity index (χ2v) is 10.6. The molecule has 0 N–H and O–H groups in total. The number of halogens is 4. The molecule has 0 saturated carbocycles. The number of benzene rings is 2. The standard InChI is InChI=1S/C14H12Cl2F2Si/c1-10(15)19(16,13-6-2-11(17)3-7-13)14-8-4-12(18)5-9-14/h2-10H,1H3. The molecule has 0 aliphatic carbocycles. The van der Waals surface area contributed by atoms with Crippen LogP contribution in [0.15, 0.2) is 48.5 Å². The lowest BCUT2D eigenvalue weighted by molar-refractivity contribution is 0.628. The highest BCUT2D eigenvalue weighted by atomic mass is 35.6. The van der Waals surface area contributed by atoms with Crippen molar-refractivity contribution in [3.05, 3.63) is 60.2 Å². The molecule has 19 heavy (non-hydrogen) atoms. The van der Waals surface area contributed by atoms with Gasteiger partial charge in [0.05, 0.1) is 0 Å². The summed E-state index contributed by atoms with van der Waals surface area (Å²) in [7, 11) is -2.72. The van der Waals surface area contributed by atoms with Crippen molar-refractivity contribution in [2.75, 3.05) is 0 Å². The average Bonchev–Trinajstić information content (AvgIpc) is 2.39.